The first kappa shape index (κ1) is 16.0. The highest BCUT2D eigenvalue weighted by Gasteiger charge is 2.19. The Hall–Kier alpha value is -1.42. The van der Waals surface area contributed by atoms with Crippen LogP contribution in [0.2, 0.25) is 0 Å². The summed E-state index contributed by atoms with van der Waals surface area (Å²) in [6.07, 6.45) is 0. The van der Waals surface area contributed by atoms with Crippen molar-refractivity contribution < 1.29 is 18.5 Å². The van der Waals surface area contributed by atoms with E-state index in [2.05, 4.69) is 0 Å². The molecule has 7 heteroatoms. The minimum absolute atomic E-state index is 0.496. The summed E-state index contributed by atoms with van der Waals surface area (Å²) in [5.41, 5.74) is 0. The monoisotopic (exact) mass is 344 g/mol. The molecule has 0 heterocycles. The molecule has 2 rings (SSSR count). The lowest BCUT2D eigenvalue weighted by molar-refractivity contribution is 0.410. The van der Waals surface area contributed by atoms with E-state index in [1.807, 2.05) is 0 Å². The molecule has 2 aromatic rings. The molecule has 4 nitrogen and oxygen atoms in total. The Morgan fingerprint density at radius 3 is 1.57 bits per heavy atom. The fourth-order valence-electron chi connectivity index (χ4n) is 1.59. The van der Waals surface area contributed by atoms with E-state index >= 15 is 0 Å². The van der Waals surface area contributed by atoms with Crippen molar-refractivity contribution in [3.05, 3.63) is 48.5 Å². The number of ether oxygens (including phenoxy) is 2. The topological polar surface area (TPSA) is 36.9 Å². The Morgan fingerprint density at radius 1 is 0.810 bits per heavy atom. The van der Waals surface area contributed by atoms with Crippen molar-refractivity contribution in [3.8, 4) is 23.0 Å². The number of halogens is 1. The molecule has 0 amide bonds. The molecular formula is C14H14ClO4PS. The largest absolute Gasteiger partial charge is 0.497 e. The van der Waals surface area contributed by atoms with Gasteiger partial charge in [0.15, 0.2) is 0 Å². The maximum Gasteiger partial charge on any atom is 0.384 e. The molecule has 0 N–H and O–H groups in total. The summed E-state index contributed by atoms with van der Waals surface area (Å²) in [5, 5.41) is 0. The third-order valence-electron chi connectivity index (χ3n) is 2.51. The van der Waals surface area contributed by atoms with Gasteiger partial charge in [0.25, 0.3) is 0 Å². The number of benzene rings is 2. The van der Waals surface area contributed by atoms with Crippen LogP contribution in [0.5, 0.6) is 23.0 Å². The lowest BCUT2D eigenvalue weighted by Gasteiger charge is -2.17. The Kier molecular flexibility index (Phi) is 5.34. The molecule has 0 saturated heterocycles. The molecule has 112 valence electrons. The van der Waals surface area contributed by atoms with Gasteiger partial charge in [0.05, 0.1) is 14.2 Å². The maximum atomic E-state index is 6.20. The Morgan fingerprint density at radius 2 is 1.19 bits per heavy atom. The van der Waals surface area contributed by atoms with Crippen molar-refractivity contribution in [2.24, 2.45) is 0 Å². The van der Waals surface area contributed by atoms with Gasteiger partial charge >= 0.3 is 5.84 Å². The molecule has 0 radical (unpaired) electrons. The van der Waals surface area contributed by atoms with Gasteiger partial charge in [-0.25, -0.2) is 0 Å². The molecule has 0 spiro atoms. The maximum absolute atomic E-state index is 6.20. The smallest absolute Gasteiger partial charge is 0.384 e. The van der Waals surface area contributed by atoms with Gasteiger partial charge in [-0.2, -0.15) is 0 Å². The van der Waals surface area contributed by atoms with E-state index in [0.717, 1.165) is 0 Å². The van der Waals surface area contributed by atoms with Gasteiger partial charge in [-0.1, -0.05) is 12.1 Å². The van der Waals surface area contributed by atoms with Gasteiger partial charge in [-0.05, 0) is 35.5 Å². The molecule has 0 saturated carbocycles. The van der Waals surface area contributed by atoms with Crippen LogP contribution in [0.25, 0.3) is 0 Å². The third kappa shape index (κ3) is 4.81. The van der Waals surface area contributed by atoms with Gasteiger partial charge in [-0.15, -0.1) is 0 Å². The summed E-state index contributed by atoms with van der Waals surface area (Å²) in [7, 11) is 3.14. The summed E-state index contributed by atoms with van der Waals surface area (Å²) in [4.78, 5) is 0. The fourth-order valence-corrected chi connectivity index (χ4v) is 3.35. The summed E-state index contributed by atoms with van der Waals surface area (Å²) in [6.45, 7) is 0. The summed E-state index contributed by atoms with van der Waals surface area (Å²) < 4.78 is 21.4. The molecule has 0 unspecified atom stereocenters. The highest BCUT2D eigenvalue weighted by molar-refractivity contribution is 8.22. The summed E-state index contributed by atoms with van der Waals surface area (Å²) >= 11 is 11.4. The van der Waals surface area contributed by atoms with Gasteiger partial charge in [-0.3, -0.25) is 0 Å². The molecule has 0 atom stereocenters. The molecule has 2 aromatic carbocycles. The number of hydrogen-bond donors (Lipinski definition) is 0. The van der Waals surface area contributed by atoms with E-state index < -0.39 is 5.84 Å². The van der Waals surface area contributed by atoms with Gasteiger partial charge in [0, 0.05) is 23.9 Å². The average molecular weight is 345 g/mol. The first-order chi connectivity index (χ1) is 10.0. The van der Waals surface area contributed by atoms with Gasteiger partial charge in [0.2, 0.25) is 0 Å². The first-order valence-electron chi connectivity index (χ1n) is 5.99. The van der Waals surface area contributed by atoms with Gasteiger partial charge < -0.3 is 18.5 Å². The fraction of sp³-hybridized carbons (Fsp3) is 0.143. The van der Waals surface area contributed by atoms with Crippen LogP contribution in [-0.2, 0) is 11.8 Å². The zero-order valence-electron chi connectivity index (χ0n) is 11.5. The Balaban J connectivity index is 2.12. The molecule has 0 fully saturated rings. The van der Waals surface area contributed by atoms with Crippen LogP contribution in [-0.4, -0.2) is 14.2 Å². The van der Waals surface area contributed by atoms with E-state index in [9.17, 15) is 0 Å². The van der Waals surface area contributed by atoms with Crippen molar-refractivity contribution in [3.63, 3.8) is 0 Å². The van der Waals surface area contributed by atoms with Crippen LogP contribution >= 0.6 is 17.1 Å². The second-order valence-electron chi connectivity index (χ2n) is 3.97. The Bertz CT molecular complexity index is 611. The molecular weight excluding hydrogens is 331 g/mol. The SMILES string of the molecule is COc1cccc(OP(=S)(Cl)Oc2cccc(OC)c2)c1. The average Bonchev–Trinajstić information content (AvgIpc) is 2.46. The van der Waals surface area contributed by atoms with E-state index in [-0.39, 0.29) is 0 Å². The van der Waals surface area contributed by atoms with Crippen LogP contribution < -0.4 is 18.5 Å². The van der Waals surface area contributed by atoms with Crippen LogP contribution in [0.3, 0.4) is 0 Å². The van der Waals surface area contributed by atoms with E-state index in [0.29, 0.717) is 23.0 Å². The van der Waals surface area contributed by atoms with Crippen molar-refractivity contribution in [2.45, 2.75) is 0 Å². The van der Waals surface area contributed by atoms with Crippen LogP contribution in [0.4, 0.5) is 0 Å². The molecule has 0 aliphatic rings. The Labute approximate surface area is 133 Å². The minimum atomic E-state index is -3.00. The molecule has 0 aliphatic carbocycles. The predicted molar refractivity (Wildman–Crippen MR) is 87.4 cm³/mol. The molecule has 0 aliphatic heterocycles. The summed E-state index contributed by atoms with van der Waals surface area (Å²) in [5.74, 6) is -0.704. The summed E-state index contributed by atoms with van der Waals surface area (Å²) in [6, 6.07) is 14.0. The molecule has 0 bridgehead atoms. The highest BCUT2D eigenvalue weighted by Crippen LogP contribution is 2.54. The lowest BCUT2D eigenvalue weighted by atomic mass is 10.3. The highest BCUT2D eigenvalue weighted by atomic mass is 35.7. The zero-order valence-corrected chi connectivity index (χ0v) is 14.0. The second kappa shape index (κ2) is 7.03. The number of hydrogen-bond acceptors (Lipinski definition) is 5. The predicted octanol–water partition coefficient (Wildman–Crippen LogP) is 4.62. The van der Waals surface area contributed by atoms with Crippen molar-refractivity contribution in [2.75, 3.05) is 14.2 Å². The van der Waals surface area contributed by atoms with Crippen LogP contribution in [0, 0.1) is 0 Å². The van der Waals surface area contributed by atoms with E-state index in [1.54, 1.807) is 62.8 Å². The zero-order chi connectivity index (χ0) is 15.3. The van der Waals surface area contributed by atoms with Crippen molar-refractivity contribution >= 4 is 28.9 Å². The number of methoxy groups -OCH3 is 2. The standard InChI is InChI=1S/C14H14ClO4PS/c1-16-11-5-3-7-13(9-11)18-20(15,21)19-14-8-4-6-12(10-14)17-2/h3-10H,1-2H3. The van der Waals surface area contributed by atoms with Crippen molar-refractivity contribution in [1.82, 2.24) is 0 Å². The number of rotatable bonds is 6. The molecule has 0 aromatic heterocycles. The van der Waals surface area contributed by atoms with E-state index in [4.69, 9.17) is 41.6 Å². The van der Waals surface area contributed by atoms with Crippen LogP contribution in [0.15, 0.2) is 48.5 Å². The molecule has 21 heavy (non-hydrogen) atoms. The lowest BCUT2D eigenvalue weighted by Crippen LogP contribution is -1.95. The van der Waals surface area contributed by atoms with Crippen LogP contribution in [0.1, 0.15) is 0 Å². The minimum Gasteiger partial charge on any atom is -0.497 e. The second-order valence-corrected chi connectivity index (χ2v) is 8.58. The van der Waals surface area contributed by atoms with Crippen molar-refractivity contribution in [1.29, 1.82) is 0 Å². The van der Waals surface area contributed by atoms with Gasteiger partial charge in [0.1, 0.15) is 23.0 Å². The quantitative estimate of drug-likeness (QED) is 0.714. The third-order valence-corrected chi connectivity index (χ3v) is 4.23. The normalized spacial score (nSPS) is 10.8. The first-order valence-corrected chi connectivity index (χ1v) is 9.54. The van der Waals surface area contributed by atoms with E-state index in [1.165, 1.54) is 0 Å².